The van der Waals surface area contributed by atoms with Crippen LogP contribution in [0.1, 0.15) is 30.7 Å². The monoisotopic (exact) mass is 298 g/mol. The van der Waals surface area contributed by atoms with Gasteiger partial charge in [-0.3, -0.25) is 4.79 Å². The Labute approximate surface area is 130 Å². The Hall–Kier alpha value is -2.14. The molecular weight excluding hydrogens is 276 g/mol. The van der Waals surface area contributed by atoms with Gasteiger partial charge >= 0.3 is 0 Å². The Bertz CT molecular complexity index is 692. The first kappa shape index (κ1) is 14.8. The van der Waals surface area contributed by atoms with E-state index in [1.165, 1.54) is 0 Å². The van der Waals surface area contributed by atoms with Gasteiger partial charge in [0.05, 0.1) is 11.4 Å². The van der Waals surface area contributed by atoms with E-state index in [-0.39, 0.29) is 17.9 Å². The molecule has 2 atom stereocenters. The Morgan fingerprint density at radius 3 is 2.77 bits per heavy atom. The lowest BCUT2D eigenvalue weighted by atomic mass is 10.1. The van der Waals surface area contributed by atoms with Crippen molar-refractivity contribution in [2.45, 2.75) is 39.2 Å². The van der Waals surface area contributed by atoms with Gasteiger partial charge in [0, 0.05) is 23.3 Å². The molecule has 0 spiro atoms. The summed E-state index contributed by atoms with van der Waals surface area (Å²) >= 11 is 0. The van der Waals surface area contributed by atoms with Gasteiger partial charge in [-0.1, -0.05) is 6.07 Å². The minimum absolute atomic E-state index is 0.0346. The summed E-state index contributed by atoms with van der Waals surface area (Å²) in [6.45, 7) is 3.99. The van der Waals surface area contributed by atoms with E-state index in [0.717, 1.165) is 42.0 Å². The Morgan fingerprint density at radius 1 is 1.32 bits per heavy atom. The molecule has 1 heterocycles. The lowest BCUT2D eigenvalue weighted by molar-refractivity contribution is -0.119. The second kappa shape index (κ2) is 5.93. The molecule has 5 nitrogen and oxygen atoms in total. The smallest absolute Gasteiger partial charge is 0.227 e. The van der Waals surface area contributed by atoms with Gasteiger partial charge in [-0.05, 0) is 57.4 Å². The number of anilines is 1. The first-order chi connectivity index (χ1) is 10.5. The van der Waals surface area contributed by atoms with Crippen LogP contribution in [0.4, 0.5) is 5.69 Å². The average molecular weight is 298 g/mol. The van der Waals surface area contributed by atoms with Crippen molar-refractivity contribution in [3.63, 3.8) is 0 Å². The van der Waals surface area contributed by atoms with Crippen molar-refractivity contribution >= 4 is 11.6 Å². The molecule has 0 radical (unpaired) electrons. The van der Waals surface area contributed by atoms with Crippen LogP contribution in [0.15, 0.2) is 30.3 Å². The summed E-state index contributed by atoms with van der Waals surface area (Å²) in [5.41, 5.74) is 9.69. The Morgan fingerprint density at radius 2 is 2.14 bits per heavy atom. The largest absolute Gasteiger partial charge is 0.328 e. The first-order valence-electron chi connectivity index (χ1n) is 7.73. The van der Waals surface area contributed by atoms with Gasteiger partial charge in [0.15, 0.2) is 0 Å². The molecule has 0 aliphatic heterocycles. The number of rotatable bonds is 3. The molecule has 2 unspecified atom stereocenters. The SMILES string of the molecule is Cc1cc(C)n(-c2cccc(NC(=O)C3CCC(N)C3)c2)n1. The lowest BCUT2D eigenvalue weighted by Crippen LogP contribution is -2.23. The third-order valence-corrected chi connectivity index (χ3v) is 4.21. The molecule has 116 valence electrons. The lowest BCUT2D eigenvalue weighted by Gasteiger charge is -2.12. The fraction of sp³-hybridized carbons (Fsp3) is 0.412. The van der Waals surface area contributed by atoms with E-state index in [9.17, 15) is 4.79 Å². The number of aromatic nitrogens is 2. The van der Waals surface area contributed by atoms with Gasteiger partial charge in [0.1, 0.15) is 0 Å². The molecule has 1 amide bonds. The third kappa shape index (κ3) is 3.04. The van der Waals surface area contributed by atoms with E-state index in [4.69, 9.17) is 5.73 Å². The van der Waals surface area contributed by atoms with Crippen LogP contribution < -0.4 is 11.1 Å². The fourth-order valence-corrected chi connectivity index (χ4v) is 3.10. The Kier molecular flexibility index (Phi) is 3.98. The number of aryl methyl sites for hydroxylation is 2. The van der Waals surface area contributed by atoms with Gasteiger partial charge in [0.2, 0.25) is 5.91 Å². The predicted molar refractivity (Wildman–Crippen MR) is 87.0 cm³/mol. The molecule has 2 aromatic rings. The van der Waals surface area contributed by atoms with Gasteiger partial charge in [-0.15, -0.1) is 0 Å². The summed E-state index contributed by atoms with van der Waals surface area (Å²) in [5.74, 6) is 0.103. The van der Waals surface area contributed by atoms with Crippen molar-refractivity contribution in [2.75, 3.05) is 5.32 Å². The molecule has 5 heteroatoms. The molecular formula is C17H22N4O. The van der Waals surface area contributed by atoms with Crippen molar-refractivity contribution in [1.82, 2.24) is 9.78 Å². The van der Waals surface area contributed by atoms with Crippen LogP contribution in [0.5, 0.6) is 0 Å². The summed E-state index contributed by atoms with van der Waals surface area (Å²) in [6, 6.07) is 9.97. The molecule has 1 fully saturated rings. The number of hydrogen-bond acceptors (Lipinski definition) is 3. The highest BCUT2D eigenvalue weighted by atomic mass is 16.1. The number of amides is 1. The number of nitrogens with two attached hydrogens (primary N) is 1. The maximum absolute atomic E-state index is 12.3. The second-order valence-corrected chi connectivity index (χ2v) is 6.15. The number of carbonyl (C=O) groups is 1. The number of nitrogens with zero attached hydrogens (tertiary/aromatic N) is 2. The van der Waals surface area contributed by atoms with E-state index >= 15 is 0 Å². The van der Waals surface area contributed by atoms with Gasteiger partial charge < -0.3 is 11.1 Å². The van der Waals surface area contributed by atoms with Crippen molar-refractivity contribution in [1.29, 1.82) is 0 Å². The third-order valence-electron chi connectivity index (χ3n) is 4.21. The highest BCUT2D eigenvalue weighted by Gasteiger charge is 2.27. The molecule has 0 saturated heterocycles. The van der Waals surface area contributed by atoms with Crippen molar-refractivity contribution < 1.29 is 4.79 Å². The highest BCUT2D eigenvalue weighted by Crippen LogP contribution is 2.26. The molecule has 1 aromatic heterocycles. The van der Waals surface area contributed by atoms with Gasteiger partial charge in [0.25, 0.3) is 0 Å². The second-order valence-electron chi connectivity index (χ2n) is 6.15. The molecule has 1 aromatic carbocycles. The molecule has 1 aliphatic carbocycles. The van der Waals surface area contributed by atoms with E-state index < -0.39 is 0 Å². The van der Waals surface area contributed by atoms with Crippen LogP contribution in [0.3, 0.4) is 0 Å². The summed E-state index contributed by atoms with van der Waals surface area (Å²) in [7, 11) is 0. The van der Waals surface area contributed by atoms with Crippen molar-refractivity contribution in [2.24, 2.45) is 11.7 Å². The molecule has 22 heavy (non-hydrogen) atoms. The summed E-state index contributed by atoms with van der Waals surface area (Å²) in [5, 5.41) is 7.48. The summed E-state index contributed by atoms with van der Waals surface area (Å²) in [4.78, 5) is 12.3. The number of nitrogens with one attached hydrogen (secondary N) is 1. The van der Waals surface area contributed by atoms with Crippen LogP contribution >= 0.6 is 0 Å². The quantitative estimate of drug-likeness (QED) is 0.914. The molecule has 0 bridgehead atoms. The molecule has 3 N–H and O–H groups in total. The van der Waals surface area contributed by atoms with Crippen LogP contribution in [0.25, 0.3) is 5.69 Å². The minimum atomic E-state index is 0.0346. The predicted octanol–water partition coefficient (Wildman–Crippen LogP) is 2.56. The van der Waals surface area contributed by atoms with E-state index in [0.29, 0.717) is 0 Å². The number of carbonyl (C=O) groups excluding carboxylic acids is 1. The van der Waals surface area contributed by atoms with Crippen molar-refractivity contribution in [3.05, 3.63) is 41.7 Å². The maximum atomic E-state index is 12.3. The standard InChI is InChI=1S/C17H22N4O/c1-11-8-12(2)21(20-11)16-5-3-4-15(10-16)19-17(22)13-6-7-14(18)9-13/h3-5,8,10,13-14H,6-7,9,18H2,1-2H3,(H,19,22). The normalized spacial score (nSPS) is 21.0. The van der Waals surface area contributed by atoms with E-state index in [1.54, 1.807) is 0 Å². The first-order valence-corrected chi connectivity index (χ1v) is 7.73. The van der Waals surface area contributed by atoms with E-state index in [2.05, 4.69) is 10.4 Å². The molecule has 3 rings (SSSR count). The van der Waals surface area contributed by atoms with Crippen LogP contribution in [0, 0.1) is 19.8 Å². The zero-order valence-electron chi connectivity index (χ0n) is 13.0. The zero-order valence-corrected chi connectivity index (χ0v) is 13.0. The van der Waals surface area contributed by atoms with Crippen LogP contribution in [-0.4, -0.2) is 21.7 Å². The molecule has 1 saturated carbocycles. The maximum Gasteiger partial charge on any atom is 0.227 e. The van der Waals surface area contributed by atoms with Crippen LogP contribution in [0.2, 0.25) is 0 Å². The highest BCUT2D eigenvalue weighted by molar-refractivity contribution is 5.93. The van der Waals surface area contributed by atoms with Crippen molar-refractivity contribution in [3.8, 4) is 5.69 Å². The topological polar surface area (TPSA) is 72.9 Å². The van der Waals surface area contributed by atoms with Crippen LogP contribution in [-0.2, 0) is 4.79 Å². The number of hydrogen-bond donors (Lipinski definition) is 2. The zero-order chi connectivity index (χ0) is 15.7. The van der Waals surface area contributed by atoms with E-state index in [1.807, 2.05) is 48.9 Å². The summed E-state index contributed by atoms with van der Waals surface area (Å²) in [6.07, 6.45) is 2.59. The minimum Gasteiger partial charge on any atom is -0.328 e. The molecule has 1 aliphatic rings. The summed E-state index contributed by atoms with van der Waals surface area (Å²) < 4.78 is 1.89. The van der Waals surface area contributed by atoms with Gasteiger partial charge in [-0.2, -0.15) is 5.10 Å². The average Bonchev–Trinajstić information content (AvgIpc) is 3.05. The van der Waals surface area contributed by atoms with Gasteiger partial charge in [-0.25, -0.2) is 4.68 Å². The Balaban J connectivity index is 1.77. The fourth-order valence-electron chi connectivity index (χ4n) is 3.10. The number of benzene rings is 1.